The first-order valence-corrected chi connectivity index (χ1v) is 9.42. The van der Waals surface area contributed by atoms with Crippen molar-refractivity contribution < 1.29 is 24.0 Å². The van der Waals surface area contributed by atoms with Gasteiger partial charge in [-0.2, -0.15) is 0 Å². The summed E-state index contributed by atoms with van der Waals surface area (Å²) in [7, 11) is 1.53. The van der Waals surface area contributed by atoms with Gasteiger partial charge in [0.05, 0.1) is 18.7 Å². The van der Waals surface area contributed by atoms with Crippen molar-refractivity contribution in [1.82, 2.24) is 5.16 Å². The number of halogens is 1. The minimum Gasteiger partial charge on any atom is -0.507 e. The zero-order valence-corrected chi connectivity index (χ0v) is 16.9. The molecule has 1 unspecified atom stereocenters. The molecular weight excluding hydrogens is 408 g/mol. The van der Waals surface area contributed by atoms with Crippen molar-refractivity contribution in [3.05, 3.63) is 82.1 Å². The Morgan fingerprint density at radius 1 is 1.17 bits per heavy atom. The standard InChI is InChI=1S/C22H17ClN2O5/c1-12-10-17(24-30-12)25-19(14-4-3-5-15(23)11-14)18(21(27)22(25)28)20(26)13-6-8-16(29-2)9-7-13/h3-11,19,26H,1-2H3/b20-18-. The van der Waals surface area contributed by atoms with E-state index in [0.717, 1.165) is 0 Å². The van der Waals surface area contributed by atoms with Crippen molar-refractivity contribution in [2.75, 3.05) is 12.0 Å². The van der Waals surface area contributed by atoms with Crippen LogP contribution in [0.25, 0.3) is 5.76 Å². The molecule has 1 saturated heterocycles. The Bertz CT molecular complexity index is 1170. The lowest BCUT2D eigenvalue weighted by Gasteiger charge is -2.23. The van der Waals surface area contributed by atoms with E-state index in [0.29, 0.717) is 27.7 Å². The number of nitrogens with zero attached hydrogens (tertiary/aromatic N) is 2. The van der Waals surface area contributed by atoms with E-state index in [1.807, 2.05) is 0 Å². The van der Waals surface area contributed by atoms with Crippen LogP contribution in [0.15, 0.2) is 64.7 Å². The third-order valence-electron chi connectivity index (χ3n) is 4.83. The second-order valence-corrected chi connectivity index (χ2v) is 7.18. The Kier molecular flexibility index (Phi) is 5.05. The molecule has 1 aromatic heterocycles. The number of aliphatic hydroxyl groups excluding tert-OH is 1. The first-order valence-electron chi connectivity index (χ1n) is 9.05. The maximum atomic E-state index is 13.0. The second kappa shape index (κ2) is 7.68. The number of aliphatic hydroxyl groups is 1. The van der Waals surface area contributed by atoms with E-state index in [-0.39, 0.29) is 17.2 Å². The van der Waals surface area contributed by atoms with Crippen LogP contribution in [-0.4, -0.2) is 29.1 Å². The van der Waals surface area contributed by atoms with Gasteiger partial charge in [0.2, 0.25) is 0 Å². The zero-order chi connectivity index (χ0) is 21.4. The van der Waals surface area contributed by atoms with E-state index in [2.05, 4.69) is 5.16 Å². The number of ether oxygens (including phenoxy) is 1. The van der Waals surface area contributed by atoms with Gasteiger partial charge in [0, 0.05) is 16.7 Å². The molecule has 1 atom stereocenters. The first kappa shape index (κ1) is 19.7. The fraction of sp³-hybridized carbons (Fsp3) is 0.136. The first-order chi connectivity index (χ1) is 14.4. The lowest BCUT2D eigenvalue weighted by molar-refractivity contribution is -0.132. The van der Waals surface area contributed by atoms with Crippen LogP contribution in [-0.2, 0) is 9.59 Å². The highest BCUT2D eigenvalue weighted by Crippen LogP contribution is 2.42. The quantitative estimate of drug-likeness (QED) is 0.382. The second-order valence-electron chi connectivity index (χ2n) is 6.75. The summed E-state index contributed by atoms with van der Waals surface area (Å²) in [4.78, 5) is 27.1. The van der Waals surface area contributed by atoms with Crippen LogP contribution < -0.4 is 9.64 Å². The van der Waals surface area contributed by atoms with Gasteiger partial charge in [0.25, 0.3) is 5.78 Å². The van der Waals surface area contributed by atoms with Gasteiger partial charge in [0.1, 0.15) is 17.3 Å². The molecule has 1 amide bonds. The van der Waals surface area contributed by atoms with Gasteiger partial charge in [-0.3, -0.25) is 14.5 Å². The van der Waals surface area contributed by atoms with Crippen LogP contribution in [0.3, 0.4) is 0 Å². The van der Waals surface area contributed by atoms with Crippen LogP contribution in [0, 0.1) is 6.92 Å². The molecule has 1 fully saturated rings. The molecule has 2 heterocycles. The van der Waals surface area contributed by atoms with E-state index in [4.69, 9.17) is 20.9 Å². The number of carbonyl (C=O) groups is 2. The molecule has 0 saturated carbocycles. The Morgan fingerprint density at radius 2 is 1.90 bits per heavy atom. The number of anilines is 1. The monoisotopic (exact) mass is 424 g/mol. The van der Waals surface area contributed by atoms with Crippen LogP contribution >= 0.6 is 11.6 Å². The number of amides is 1. The van der Waals surface area contributed by atoms with Crippen molar-refractivity contribution >= 4 is 34.9 Å². The Labute approximate surface area is 177 Å². The minimum absolute atomic E-state index is 0.0620. The lowest BCUT2D eigenvalue weighted by Crippen LogP contribution is -2.29. The van der Waals surface area contributed by atoms with Gasteiger partial charge in [0.15, 0.2) is 5.82 Å². The molecule has 0 radical (unpaired) electrons. The SMILES string of the molecule is COc1ccc(/C(O)=C2/C(=O)C(=O)N(c3cc(C)on3)C2c2cccc(Cl)c2)cc1. The lowest BCUT2D eigenvalue weighted by atomic mass is 9.95. The fourth-order valence-electron chi connectivity index (χ4n) is 3.43. The number of benzene rings is 2. The molecule has 1 aliphatic heterocycles. The molecule has 0 aliphatic carbocycles. The Hall–Kier alpha value is -3.58. The molecule has 152 valence electrons. The third kappa shape index (κ3) is 3.33. The Morgan fingerprint density at radius 3 is 2.50 bits per heavy atom. The topological polar surface area (TPSA) is 92.9 Å². The molecule has 3 aromatic rings. The van der Waals surface area contributed by atoms with E-state index in [1.165, 1.54) is 12.0 Å². The minimum atomic E-state index is -0.921. The predicted molar refractivity (Wildman–Crippen MR) is 110 cm³/mol. The fourth-order valence-corrected chi connectivity index (χ4v) is 3.63. The van der Waals surface area contributed by atoms with Crippen LogP contribution in [0.2, 0.25) is 5.02 Å². The summed E-state index contributed by atoms with van der Waals surface area (Å²) in [5.41, 5.74) is 0.864. The maximum absolute atomic E-state index is 13.0. The summed E-state index contributed by atoms with van der Waals surface area (Å²) in [6, 6.07) is 13.9. The van der Waals surface area contributed by atoms with Crippen molar-refractivity contribution in [3.63, 3.8) is 0 Å². The Balaban J connectivity index is 1.92. The molecule has 4 rings (SSSR count). The van der Waals surface area contributed by atoms with Crippen molar-refractivity contribution in [2.45, 2.75) is 13.0 Å². The van der Waals surface area contributed by atoms with Crippen LogP contribution in [0.4, 0.5) is 5.82 Å². The largest absolute Gasteiger partial charge is 0.507 e. The van der Waals surface area contributed by atoms with Gasteiger partial charge in [-0.05, 0) is 48.9 Å². The van der Waals surface area contributed by atoms with E-state index >= 15 is 0 Å². The molecule has 0 spiro atoms. The number of hydrogen-bond donors (Lipinski definition) is 1. The van der Waals surface area contributed by atoms with Gasteiger partial charge < -0.3 is 14.4 Å². The van der Waals surface area contributed by atoms with Crippen LogP contribution in [0.1, 0.15) is 22.9 Å². The highest BCUT2D eigenvalue weighted by Gasteiger charge is 2.48. The zero-order valence-electron chi connectivity index (χ0n) is 16.1. The number of aromatic nitrogens is 1. The molecule has 1 aliphatic rings. The summed E-state index contributed by atoms with van der Waals surface area (Å²) in [5.74, 6) is -0.697. The highest BCUT2D eigenvalue weighted by atomic mass is 35.5. The number of aryl methyl sites for hydroxylation is 1. The van der Waals surface area contributed by atoms with Gasteiger partial charge >= 0.3 is 5.91 Å². The summed E-state index contributed by atoms with van der Waals surface area (Å²) in [6.07, 6.45) is 0. The number of rotatable bonds is 4. The average Bonchev–Trinajstić information content (AvgIpc) is 3.28. The molecule has 2 aromatic carbocycles. The highest BCUT2D eigenvalue weighted by molar-refractivity contribution is 6.51. The molecule has 0 bridgehead atoms. The average molecular weight is 425 g/mol. The molecular formula is C22H17ClN2O5. The third-order valence-corrected chi connectivity index (χ3v) is 5.07. The molecule has 8 heteroatoms. The van der Waals surface area contributed by atoms with E-state index in [1.54, 1.807) is 61.5 Å². The van der Waals surface area contributed by atoms with Crippen molar-refractivity contribution in [3.8, 4) is 5.75 Å². The molecule has 7 nitrogen and oxygen atoms in total. The molecule has 30 heavy (non-hydrogen) atoms. The van der Waals surface area contributed by atoms with E-state index < -0.39 is 17.7 Å². The molecule has 1 N–H and O–H groups in total. The smallest absolute Gasteiger partial charge is 0.301 e. The summed E-state index contributed by atoms with van der Waals surface area (Å²) < 4.78 is 10.2. The number of Topliss-reactive ketones (excluding diaryl/α,β-unsaturated/α-hetero) is 1. The number of methoxy groups -OCH3 is 1. The van der Waals surface area contributed by atoms with Gasteiger partial charge in [-0.15, -0.1) is 0 Å². The predicted octanol–water partition coefficient (Wildman–Crippen LogP) is 4.27. The van der Waals surface area contributed by atoms with Crippen molar-refractivity contribution in [1.29, 1.82) is 0 Å². The summed E-state index contributed by atoms with van der Waals surface area (Å²) in [6.45, 7) is 1.68. The number of carbonyl (C=O) groups excluding carboxylic acids is 2. The van der Waals surface area contributed by atoms with E-state index in [9.17, 15) is 14.7 Å². The van der Waals surface area contributed by atoms with Crippen LogP contribution in [0.5, 0.6) is 5.75 Å². The normalized spacial score (nSPS) is 18.1. The number of hydrogen-bond acceptors (Lipinski definition) is 6. The van der Waals surface area contributed by atoms with Gasteiger partial charge in [-0.1, -0.05) is 28.9 Å². The van der Waals surface area contributed by atoms with Gasteiger partial charge in [-0.25, -0.2) is 0 Å². The summed E-state index contributed by atoms with van der Waals surface area (Å²) >= 11 is 6.16. The summed E-state index contributed by atoms with van der Waals surface area (Å²) in [5, 5.41) is 15.3. The number of ketones is 1. The maximum Gasteiger partial charge on any atom is 0.301 e. The van der Waals surface area contributed by atoms with Crippen molar-refractivity contribution in [2.24, 2.45) is 0 Å².